The standard InChI is InChI=1S/C4H4Cl2O/c1-3(5)4(6)2-7/h2H,1H3. The monoisotopic (exact) mass is 138 g/mol. The Morgan fingerprint density at radius 1 is 1.57 bits per heavy atom. The first-order valence-corrected chi connectivity index (χ1v) is 2.41. The van der Waals surface area contributed by atoms with E-state index in [9.17, 15) is 4.79 Å². The van der Waals surface area contributed by atoms with Gasteiger partial charge in [-0.25, -0.2) is 0 Å². The Kier molecular flexibility index (Phi) is 3.05. The molecule has 3 heteroatoms. The summed E-state index contributed by atoms with van der Waals surface area (Å²) in [5.74, 6) is 0. The molecule has 0 aliphatic carbocycles. The second-order valence-electron chi connectivity index (χ2n) is 0.999. The van der Waals surface area contributed by atoms with Gasteiger partial charge in [-0.15, -0.1) is 0 Å². The second kappa shape index (κ2) is 3.05. The average Bonchev–Trinajstić information content (AvgIpc) is 1.65. The topological polar surface area (TPSA) is 17.1 Å². The molecular formula is C4H4Cl2O. The van der Waals surface area contributed by atoms with E-state index >= 15 is 0 Å². The lowest BCUT2D eigenvalue weighted by molar-refractivity contribution is -0.104. The molecule has 0 aliphatic heterocycles. The van der Waals surface area contributed by atoms with E-state index < -0.39 is 0 Å². The fraction of sp³-hybridized carbons (Fsp3) is 0.250. The molecule has 40 valence electrons. The first kappa shape index (κ1) is 6.99. The van der Waals surface area contributed by atoms with Crippen molar-refractivity contribution in [3.8, 4) is 0 Å². The van der Waals surface area contributed by atoms with Crippen LogP contribution in [0.5, 0.6) is 0 Å². The molecule has 0 atom stereocenters. The van der Waals surface area contributed by atoms with Crippen LogP contribution in [-0.2, 0) is 4.79 Å². The lowest BCUT2D eigenvalue weighted by atomic mass is 10.6. The molecule has 0 unspecified atom stereocenters. The Labute approximate surface area is 51.9 Å². The maximum Gasteiger partial charge on any atom is 0.162 e. The van der Waals surface area contributed by atoms with Crippen LogP contribution in [0, 0.1) is 0 Å². The molecule has 0 saturated heterocycles. The number of rotatable bonds is 1. The van der Waals surface area contributed by atoms with E-state index in [4.69, 9.17) is 23.2 Å². The molecule has 0 fully saturated rings. The van der Waals surface area contributed by atoms with E-state index in [-0.39, 0.29) is 5.03 Å². The molecule has 0 aromatic carbocycles. The molecule has 7 heavy (non-hydrogen) atoms. The zero-order valence-corrected chi connectivity index (χ0v) is 5.25. The summed E-state index contributed by atoms with van der Waals surface area (Å²) in [6.45, 7) is 1.55. The molecule has 0 heterocycles. The summed E-state index contributed by atoms with van der Waals surface area (Å²) in [6, 6.07) is 0. The van der Waals surface area contributed by atoms with Crippen molar-refractivity contribution >= 4 is 29.5 Å². The van der Waals surface area contributed by atoms with Crippen molar-refractivity contribution < 1.29 is 4.79 Å². The van der Waals surface area contributed by atoms with Gasteiger partial charge in [-0.05, 0) is 6.92 Å². The normalized spacial score (nSPS) is 13.0. The number of carbonyl (C=O) groups excluding carboxylic acids is 1. The van der Waals surface area contributed by atoms with Crippen LogP contribution in [-0.4, -0.2) is 6.29 Å². The third-order valence-electron chi connectivity index (χ3n) is 0.433. The quantitative estimate of drug-likeness (QED) is 0.400. The van der Waals surface area contributed by atoms with E-state index in [1.54, 1.807) is 6.92 Å². The molecular weight excluding hydrogens is 135 g/mol. The van der Waals surface area contributed by atoms with E-state index in [2.05, 4.69) is 0 Å². The van der Waals surface area contributed by atoms with Gasteiger partial charge in [0.2, 0.25) is 0 Å². The molecule has 0 amide bonds. The summed E-state index contributed by atoms with van der Waals surface area (Å²) in [5, 5.41) is 0.401. The molecule has 0 rings (SSSR count). The maximum atomic E-state index is 9.67. The minimum absolute atomic E-state index is 0.0710. The largest absolute Gasteiger partial charge is 0.297 e. The van der Waals surface area contributed by atoms with Gasteiger partial charge in [-0.3, -0.25) is 4.79 Å². The molecule has 0 bridgehead atoms. The highest BCUT2D eigenvalue weighted by atomic mass is 35.5. The summed E-state index contributed by atoms with van der Waals surface area (Å²) in [5.41, 5.74) is 0. The summed E-state index contributed by atoms with van der Waals surface area (Å²) >= 11 is 10.4. The fourth-order valence-electron chi connectivity index (χ4n) is 0.0812. The van der Waals surface area contributed by atoms with Crippen molar-refractivity contribution in [2.45, 2.75) is 6.92 Å². The van der Waals surface area contributed by atoms with Gasteiger partial charge in [0.15, 0.2) is 6.29 Å². The Bertz CT molecular complexity index is 102. The number of halogens is 2. The predicted molar refractivity (Wildman–Crippen MR) is 30.5 cm³/mol. The lowest BCUT2D eigenvalue weighted by Gasteiger charge is -1.81. The van der Waals surface area contributed by atoms with Gasteiger partial charge in [0.25, 0.3) is 0 Å². The Morgan fingerprint density at radius 3 is 2.00 bits per heavy atom. The number of hydrogen-bond donors (Lipinski definition) is 0. The number of carbonyl (C=O) groups is 1. The molecule has 0 aromatic heterocycles. The van der Waals surface area contributed by atoms with Crippen LogP contribution in [0.4, 0.5) is 0 Å². The highest BCUT2D eigenvalue weighted by molar-refractivity contribution is 6.45. The van der Waals surface area contributed by atoms with Crippen LogP contribution in [0.25, 0.3) is 0 Å². The van der Waals surface area contributed by atoms with Gasteiger partial charge >= 0.3 is 0 Å². The summed E-state index contributed by atoms with van der Waals surface area (Å²) < 4.78 is 0. The zero-order valence-electron chi connectivity index (χ0n) is 3.74. The van der Waals surface area contributed by atoms with Crippen LogP contribution in [0.3, 0.4) is 0 Å². The van der Waals surface area contributed by atoms with Crippen molar-refractivity contribution in [1.82, 2.24) is 0 Å². The van der Waals surface area contributed by atoms with Crippen molar-refractivity contribution in [3.05, 3.63) is 10.1 Å². The molecule has 1 nitrogen and oxygen atoms in total. The zero-order chi connectivity index (χ0) is 5.86. The Morgan fingerprint density at radius 2 is 2.00 bits per heavy atom. The van der Waals surface area contributed by atoms with Gasteiger partial charge in [0.05, 0.1) is 5.03 Å². The van der Waals surface area contributed by atoms with Gasteiger partial charge in [0, 0.05) is 5.03 Å². The highest BCUT2D eigenvalue weighted by Gasteiger charge is 1.89. The van der Waals surface area contributed by atoms with E-state index in [1.165, 1.54) is 0 Å². The first-order valence-electron chi connectivity index (χ1n) is 1.65. The molecule has 0 radical (unpaired) electrons. The van der Waals surface area contributed by atoms with Crippen molar-refractivity contribution in [2.75, 3.05) is 0 Å². The molecule has 0 saturated carbocycles. The van der Waals surface area contributed by atoms with Crippen LogP contribution >= 0.6 is 23.2 Å². The number of aldehydes is 1. The third-order valence-corrected chi connectivity index (χ3v) is 1.11. The van der Waals surface area contributed by atoms with Crippen LogP contribution < -0.4 is 0 Å². The van der Waals surface area contributed by atoms with Crippen LogP contribution in [0.15, 0.2) is 10.1 Å². The van der Waals surface area contributed by atoms with Crippen molar-refractivity contribution in [1.29, 1.82) is 0 Å². The highest BCUT2D eigenvalue weighted by Crippen LogP contribution is 2.08. The summed E-state index contributed by atoms with van der Waals surface area (Å²) in [4.78, 5) is 9.67. The van der Waals surface area contributed by atoms with Gasteiger partial charge in [-0.2, -0.15) is 0 Å². The van der Waals surface area contributed by atoms with Crippen LogP contribution in [0.2, 0.25) is 0 Å². The van der Waals surface area contributed by atoms with E-state index in [1.807, 2.05) is 0 Å². The van der Waals surface area contributed by atoms with Crippen molar-refractivity contribution in [2.24, 2.45) is 0 Å². The number of hydrogen-bond acceptors (Lipinski definition) is 1. The minimum atomic E-state index is 0.0710. The number of allylic oxidation sites excluding steroid dienone is 2. The van der Waals surface area contributed by atoms with E-state index in [0.29, 0.717) is 11.3 Å². The minimum Gasteiger partial charge on any atom is -0.297 e. The molecule has 0 spiro atoms. The molecule has 0 aliphatic rings. The second-order valence-corrected chi connectivity index (χ2v) is 1.97. The van der Waals surface area contributed by atoms with Gasteiger partial charge in [-0.1, -0.05) is 23.2 Å². The smallest absolute Gasteiger partial charge is 0.162 e. The Hall–Kier alpha value is -0.0100. The summed E-state index contributed by atoms with van der Waals surface area (Å²) in [7, 11) is 0. The van der Waals surface area contributed by atoms with Gasteiger partial charge < -0.3 is 0 Å². The fourth-order valence-corrected chi connectivity index (χ4v) is 0.126. The third kappa shape index (κ3) is 2.66. The molecule has 0 aromatic rings. The maximum absolute atomic E-state index is 9.67. The SMILES string of the molecule is CC(Cl)=C(Cl)C=O. The lowest BCUT2D eigenvalue weighted by Crippen LogP contribution is -1.71. The van der Waals surface area contributed by atoms with E-state index in [0.717, 1.165) is 0 Å². The summed E-state index contributed by atoms with van der Waals surface area (Å²) in [6.07, 6.45) is 0.504. The first-order chi connectivity index (χ1) is 3.18. The van der Waals surface area contributed by atoms with Crippen LogP contribution in [0.1, 0.15) is 6.92 Å². The van der Waals surface area contributed by atoms with Gasteiger partial charge in [0.1, 0.15) is 0 Å². The van der Waals surface area contributed by atoms with Crippen molar-refractivity contribution in [3.63, 3.8) is 0 Å². The Balaban J connectivity index is 3.98. The predicted octanol–water partition coefficient (Wildman–Crippen LogP) is 1.89. The molecule has 0 N–H and O–H groups in total. The average molecular weight is 139 g/mol.